The van der Waals surface area contributed by atoms with Crippen LogP contribution in [0.4, 0.5) is 5.82 Å². The van der Waals surface area contributed by atoms with Gasteiger partial charge in [0.1, 0.15) is 0 Å². The molecule has 1 saturated carbocycles. The topological polar surface area (TPSA) is 37.8 Å². The van der Waals surface area contributed by atoms with Crippen LogP contribution in [0.25, 0.3) is 0 Å². The van der Waals surface area contributed by atoms with E-state index in [1.165, 1.54) is 19.3 Å². The van der Waals surface area contributed by atoms with E-state index in [1.807, 2.05) is 13.8 Å². The normalized spacial score (nSPS) is 15.4. The fourth-order valence-corrected chi connectivity index (χ4v) is 1.73. The Morgan fingerprint density at radius 3 is 2.60 bits per heavy atom. The van der Waals surface area contributed by atoms with Gasteiger partial charge in [0.2, 0.25) is 0 Å². The summed E-state index contributed by atoms with van der Waals surface area (Å²) in [5.41, 5.74) is 1.83. The van der Waals surface area contributed by atoms with Crippen LogP contribution in [-0.2, 0) is 0 Å². The first kappa shape index (κ1) is 10.7. The highest BCUT2D eigenvalue weighted by Crippen LogP contribution is 2.32. The number of halogens is 1. The zero-order valence-electron chi connectivity index (χ0n) is 9.18. The molecule has 0 bridgehead atoms. The van der Waals surface area contributed by atoms with Crippen molar-refractivity contribution in [3.63, 3.8) is 0 Å². The molecule has 1 N–H and O–H groups in total. The lowest BCUT2D eigenvalue weighted by Gasteiger charge is -2.08. The van der Waals surface area contributed by atoms with Crippen molar-refractivity contribution < 1.29 is 0 Å². The highest BCUT2D eigenvalue weighted by molar-refractivity contribution is 6.31. The van der Waals surface area contributed by atoms with Gasteiger partial charge in [-0.2, -0.15) is 0 Å². The molecule has 0 unspecified atom stereocenters. The second-order valence-electron chi connectivity index (χ2n) is 4.19. The van der Waals surface area contributed by atoms with E-state index >= 15 is 0 Å². The second-order valence-corrected chi connectivity index (χ2v) is 4.55. The zero-order valence-corrected chi connectivity index (χ0v) is 9.93. The van der Waals surface area contributed by atoms with Gasteiger partial charge in [-0.15, -0.1) is 0 Å². The molecule has 1 heterocycles. The summed E-state index contributed by atoms with van der Waals surface area (Å²) >= 11 is 6.00. The molecule has 0 saturated heterocycles. The van der Waals surface area contributed by atoms with Crippen LogP contribution in [0.15, 0.2) is 0 Å². The van der Waals surface area contributed by atoms with E-state index in [1.54, 1.807) is 0 Å². The van der Waals surface area contributed by atoms with Crippen LogP contribution in [0.3, 0.4) is 0 Å². The average molecular weight is 226 g/mol. The van der Waals surface area contributed by atoms with Crippen molar-refractivity contribution in [1.82, 2.24) is 9.97 Å². The number of anilines is 1. The van der Waals surface area contributed by atoms with Crippen molar-refractivity contribution in [2.45, 2.75) is 33.1 Å². The molecule has 0 radical (unpaired) electrons. The second kappa shape index (κ2) is 4.35. The Morgan fingerprint density at radius 2 is 1.93 bits per heavy atom. The maximum absolute atomic E-state index is 6.00. The maximum atomic E-state index is 6.00. The van der Waals surface area contributed by atoms with Crippen LogP contribution in [0.5, 0.6) is 0 Å². The van der Waals surface area contributed by atoms with Gasteiger partial charge in [-0.25, -0.2) is 9.97 Å². The van der Waals surface area contributed by atoms with Crippen LogP contribution >= 0.6 is 11.6 Å². The summed E-state index contributed by atoms with van der Waals surface area (Å²) in [6, 6.07) is 0. The summed E-state index contributed by atoms with van der Waals surface area (Å²) in [5.74, 6) is 1.65. The minimum absolute atomic E-state index is 0.480. The number of nitrogens with zero attached hydrogens (tertiary/aromatic N) is 2. The van der Waals surface area contributed by atoms with E-state index in [-0.39, 0.29) is 0 Å². The molecule has 0 spiro atoms. The Hall–Kier alpha value is -0.830. The summed E-state index contributed by atoms with van der Waals surface area (Å²) in [6.45, 7) is 4.81. The average Bonchev–Trinajstić information content (AvgIpc) is 2.97. The van der Waals surface area contributed by atoms with Gasteiger partial charge in [-0.1, -0.05) is 24.4 Å². The standard InChI is InChI=1S/C11H16ClN3/c1-7-8(2)15-11(10(12)14-7)13-6-5-9-3-4-9/h9H,3-6H2,1-2H3,(H,13,15). The van der Waals surface area contributed by atoms with Gasteiger partial charge in [0.05, 0.1) is 11.4 Å². The molecule has 1 aromatic heterocycles. The zero-order chi connectivity index (χ0) is 10.8. The van der Waals surface area contributed by atoms with Crippen LogP contribution in [0.2, 0.25) is 5.15 Å². The Labute approximate surface area is 95.3 Å². The lowest BCUT2D eigenvalue weighted by Crippen LogP contribution is -2.07. The third-order valence-electron chi connectivity index (χ3n) is 2.81. The Bertz CT molecular complexity index is 361. The molecule has 0 amide bonds. The first-order valence-electron chi connectivity index (χ1n) is 5.41. The van der Waals surface area contributed by atoms with Crippen molar-refractivity contribution in [3.05, 3.63) is 16.5 Å². The van der Waals surface area contributed by atoms with Crippen LogP contribution in [-0.4, -0.2) is 16.5 Å². The molecule has 15 heavy (non-hydrogen) atoms. The van der Waals surface area contributed by atoms with Gasteiger partial charge >= 0.3 is 0 Å². The van der Waals surface area contributed by atoms with Gasteiger partial charge in [0.25, 0.3) is 0 Å². The molecule has 3 nitrogen and oxygen atoms in total. The summed E-state index contributed by atoms with van der Waals surface area (Å²) in [5, 5.41) is 3.73. The highest BCUT2D eigenvalue weighted by Gasteiger charge is 2.20. The molecule has 0 aromatic carbocycles. The minimum atomic E-state index is 0.480. The largest absolute Gasteiger partial charge is 0.367 e. The van der Waals surface area contributed by atoms with E-state index in [9.17, 15) is 0 Å². The summed E-state index contributed by atoms with van der Waals surface area (Å²) < 4.78 is 0. The third-order valence-corrected chi connectivity index (χ3v) is 3.07. The van der Waals surface area contributed by atoms with Crippen LogP contribution in [0, 0.1) is 19.8 Å². The predicted molar refractivity (Wildman–Crippen MR) is 62.3 cm³/mol. The van der Waals surface area contributed by atoms with Crippen molar-refractivity contribution in [2.75, 3.05) is 11.9 Å². The molecular formula is C11H16ClN3. The maximum Gasteiger partial charge on any atom is 0.171 e. The van der Waals surface area contributed by atoms with Crippen molar-refractivity contribution in [3.8, 4) is 0 Å². The fraction of sp³-hybridized carbons (Fsp3) is 0.636. The lowest BCUT2D eigenvalue weighted by molar-refractivity contribution is 0.757. The Balaban J connectivity index is 1.96. The van der Waals surface area contributed by atoms with Crippen LogP contribution < -0.4 is 5.32 Å². The van der Waals surface area contributed by atoms with E-state index in [0.29, 0.717) is 5.15 Å². The molecule has 1 aliphatic carbocycles. The molecule has 1 aliphatic rings. The van der Waals surface area contributed by atoms with Gasteiger partial charge < -0.3 is 5.32 Å². The van der Waals surface area contributed by atoms with Gasteiger partial charge in [0.15, 0.2) is 11.0 Å². The number of rotatable bonds is 4. The third kappa shape index (κ3) is 2.81. The molecule has 0 aliphatic heterocycles. The van der Waals surface area contributed by atoms with E-state index in [4.69, 9.17) is 11.6 Å². The number of aryl methyl sites for hydroxylation is 2. The van der Waals surface area contributed by atoms with Gasteiger partial charge in [0, 0.05) is 6.54 Å². The van der Waals surface area contributed by atoms with E-state index in [2.05, 4.69) is 15.3 Å². The van der Waals surface area contributed by atoms with Crippen molar-refractivity contribution in [2.24, 2.45) is 5.92 Å². The van der Waals surface area contributed by atoms with E-state index < -0.39 is 0 Å². The lowest BCUT2D eigenvalue weighted by atomic mass is 10.3. The first-order valence-corrected chi connectivity index (χ1v) is 5.79. The summed E-state index contributed by atoms with van der Waals surface area (Å²) in [4.78, 5) is 8.61. The molecule has 0 atom stereocenters. The van der Waals surface area contributed by atoms with Crippen molar-refractivity contribution in [1.29, 1.82) is 0 Å². The molecule has 2 rings (SSSR count). The number of aromatic nitrogens is 2. The number of nitrogens with one attached hydrogen (secondary N) is 1. The molecule has 1 aromatic rings. The highest BCUT2D eigenvalue weighted by atomic mass is 35.5. The molecule has 4 heteroatoms. The van der Waals surface area contributed by atoms with Crippen LogP contribution in [0.1, 0.15) is 30.7 Å². The van der Waals surface area contributed by atoms with Gasteiger partial charge in [-0.05, 0) is 26.2 Å². The Morgan fingerprint density at radius 1 is 1.27 bits per heavy atom. The van der Waals surface area contributed by atoms with E-state index in [0.717, 1.165) is 29.7 Å². The molecule has 1 fully saturated rings. The summed E-state index contributed by atoms with van der Waals surface area (Å²) in [6.07, 6.45) is 3.98. The molecular weight excluding hydrogens is 210 g/mol. The number of hydrogen-bond acceptors (Lipinski definition) is 3. The first-order chi connectivity index (χ1) is 7.16. The monoisotopic (exact) mass is 225 g/mol. The fourth-order valence-electron chi connectivity index (χ4n) is 1.49. The minimum Gasteiger partial charge on any atom is -0.367 e. The SMILES string of the molecule is Cc1nc(Cl)c(NCCC2CC2)nc1C. The smallest absolute Gasteiger partial charge is 0.171 e. The number of hydrogen-bond donors (Lipinski definition) is 1. The quantitative estimate of drug-likeness (QED) is 0.856. The van der Waals surface area contributed by atoms with Crippen molar-refractivity contribution >= 4 is 17.4 Å². The van der Waals surface area contributed by atoms with Gasteiger partial charge in [-0.3, -0.25) is 0 Å². The predicted octanol–water partition coefficient (Wildman–Crippen LogP) is 2.96. The Kier molecular flexibility index (Phi) is 3.10. The molecule has 82 valence electrons. The summed E-state index contributed by atoms with van der Waals surface area (Å²) in [7, 11) is 0.